The van der Waals surface area contributed by atoms with Gasteiger partial charge in [-0.3, -0.25) is 0 Å². The maximum atomic E-state index is 12.8. The molecule has 0 saturated heterocycles. The molecule has 0 saturated carbocycles. The summed E-state index contributed by atoms with van der Waals surface area (Å²) >= 11 is 1.39. The Hall–Kier alpha value is -3.20. The van der Waals surface area contributed by atoms with E-state index < -0.39 is 11.7 Å². The van der Waals surface area contributed by atoms with E-state index in [-0.39, 0.29) is 5.41 Å². The van der Waals surface area contributed by atoms with Crippen molar-refractivity contribution in [1.29, 1.82) is 0 Å². The van der Waals surface area contributed by atoms with Gasteiger partial charge in [-0.2, -0.15) is 18.2 Å². The van der Waals surface area contributed by atoms with Crippen LogP contribution in [0.15, 0.2) is 64.1 Å². The zero-order chi connectivity index (χ0) is 24.5. The molecule has 4 rings (SSSR count). The average molecular weight is 485 g/mol. The Morgan fingerprint density at radius 1 is 0.794 bits per heavy atom. The molecule has 0 aliphatic heterocycles. The van der Waals surface area contributed by atoms with Crippen LogP contribution < -0.4 is 0 Å². The Labute approximate surface area is 199 Å². The van der Waals surface area contributed by atoms with E-state index in [1.165, 1.54) is 29.5 Å². The molecule has 0 aliphatic carbocycles. The first kappa shape index (κ1) is 23.9. The average Bonchev–Trinajstić information content (AvgIpc) is 3.25. The Bertz CT molecular complexity index is 1280. The molecular weight excluding hydrogens is 461 g/mol. The van der Waals surface area contributed by atoms with Crippen molar-refractivity contribution in [2.24, 2.45) is 0 Å². The number of hydrogen-bond acceptors (Lipinski definition) is 6. The van der Waals surface area contributed by atoms with E-state index in [0.717, 1.165) is 17.7 Å². The predicted octanol–water partition coefficient (Wildman–Crippen LogP) is 7.11. The summed E-state index contributed by atoms with van der Waals surface area (Å²) in [6, 6.07) is 14.7. The van der Waals surface area contributed by atoms with Crippen LogP contribution in [0, 0.1) is 6.92 Å². The first-order valence-corrected chi connectivity index (χ1v) is 11.6. The predicted molar refractivity (Wildman–Crippen MR) is 125 cm³/mol. The second-order valence-electron chi connectivity index (χ2n) is 8.87. The summed E-state index contributed by atoms with van der Waals surface area (Å²) in [6.07, 6.45) is -4.38. The molecular formula is C25H23F3N4OS. The summed E-state index contributed by atoms with van der Waals surface area (Å²) in [4.78, 5) is 13.3. The lowest BCUT2D eigenvalue weighted by Crippen LogP contribution is -2.10. The van der Waals surface area contributed by atoms with Crippen molar-refractivity contribution in [2.45, 2.75) is 50.1 Å². The van der Waals surface area contributed by atoms with E-state index in [1.807, 2.05) is 19.1 Å². The van der Waals surface area contributed by atoms with Gasteiger partial charge >= 0.3 is 6.18 Å². The first-order valence-electron chi connectivity index (χ1n) is 10.6. The highest BCUT2D eigenvalue weighted by Crippen LogP contribution is 2.31. The number of rotatable bonds is 5. The van der Waals surface area contributed by atoms with Crippen LogP contribution >= 0.6 is 11.8 Å². The number of nitrogens with zero attached hydrogens (tertiary/aromatic N) is 4. The van der Waals surface area contributed by atoms with Gasteiger partial charge in [0.15, 0.2) is 5.82 Å². The topological polar surface area (TPSA) is 64.7 Å². The molecule has 5 nitrogen and oxygen atoms in total. The molecule has 0 amide bonds. The number of hydrogen-bond donors (Lipinski definition) is 0. The molecule has 4 aromatic rings. The van der Waals surface area contributed by atoms with Crippen LogP contribution in [0.25, 0.3) is 22.8 Å². The normalized spacial score (nSPS) is 12.2. The third kappa shape index (κ3) is 5.64. The van der Waals surface area contributed by atoms with Gasteiger partial charge in [0.05, 0.1) is 11.3 Å². The minimum absolute atomic E-state index is 0.0620. The minimum atomic E-state index is -4.38. The molecule has 2 aromatic carbocycles. The summed E-state index contributed by atoms with van der Waals surface area (Å²) in [5.41, 5.74) is 2.66. The molecule has 2 heterocycles. The Balaban J connectivity index is 1.46. The third-order valence-electron chi connectivity index (χ3n) is 5.12. The minimum Gasteiger partial charge on any atom is -0.338 e. The third-order valence-corrected chi connectivity index (χ3v) is 6.02. The van der Waals surface area contributed by atoms with Crippen LogP contribution in [-0.2, 0) is 17.3 Å². The fraction of sp³-hybridized carbons (Fsp3) is 0.280. The van der Waals surface area contributed by atoms with Crippen molar-refractivity contribution in [2.75, 3.05) is 0 Å². The number of aryl methyl sites for hydroxylation is 1. The maximum Gasteiger partial charge on any atom is 0.416 e. The number of thioether (sulfide) groups is 1. The van der Waals surface area contributed by atoms with Crippen LogP contribution in [0.3, 0.4) is 0 Å². The van der Waals surface area contributed by atoms with E-state index in [9.17, 15) is 13.2 Å². The summed E-state index contributed by atoms with van der Waals surface area (Å²) in [5.74, 6) is 1.73. The van der Waals surface area contributed by atoms with Crippen molar-refractivity contribution in [1.82, 2.24) is 20.1 Å². The number of aromatic nitrogens is 4. The van der Waals surface area contributed by atoms with Gasteiger partial charge in [-0.1, -0.05) is 74.1 Å². The second-order valence-corrected chi connectivity index (χ2v) is 9.87. The van der Waals surface area contributed by atoms with E-state index in [0.29, 0.717) is 39.6 Å². The van der Waals surface area contributed by atoms with Gasteiger partial charge in [-0.25, -0.2) is 9.97 Å². The smallest absolute Gasteiger partial charge is 0.338 e. The Morgan fingerprint density at radius 2 is 1.38 bits per heavy atom. The van der Waals surface area contributed by atoms with E-state index in [1.54, 1.807) is 6.07 Å². The van der Waals surface area contributed by atoms with Gasteiger partial charge in [-0.05, 0) is 36.1 Å². The highest BCUT2D eigenvalue weighted by Gasteiger charge is 2.30. The number of alkyl halides is 3. The highest BCUT2D eigenvalue weighted by atomic mass is 32.2. The molecule has 0 aliphatic rings. The lowest BCUT2D eigenvalue weighted by Gasteiger charge is -2.18. The summed E-state index contributed by atoms with van der Waals surface area (Å²) < 4.78 is 43.9. The van der Waals surface area contributed by atoms with Crippen LogP contribution in [0.1, 0.15) is 43.5 Å². The molecule has 2 aromatic heterocycles. The molecule has 176 valence electrons. The standard InChI is InChI=1S/C25H23F3N4OS/c1-15-13-21(31-22(29-15)16-7-11-19(12-8-16)25(26,27)28)34-14-20-30-23(32-33-20)17-5-9-18(10-6-17)24(2,3)4/h5-13H,14H2,1-4H3. The van der Waals surface area contributed by atoms with Crippen LogP contribution in [0.2, 0.25) is 0 Å². The van der Waals surface area contributed by atoms with Crippen molar-refractivity contribution >= 4 is 11.8 Å². The van der Waals surface area contributed by atoms with Crippen molar-refractivity contribution in [3.8, 4) is 22.8 Å². The lowest BCUT2D eigenvalue weighted by atomic mass is 9.87. The zero-order valence-corrected chi connectivity index (χ0v) is 20.0. The largest absolute Gasteiger partial charge is 0.416 e. The molecule has 34 heavy (non-hydrogen) atoms. The van der Waals surface area contributed by atoms with Gasteiger partial charge in [0.25, 0.3) is 0 Å². The lowest BCUT2D eigenvalue weighted by molar-refractivity contribution is -0.137. The molecule has 9 heteroatoms. The first-order chi connectivity index (χ1) is 16.0. The molecule has 0 radical (unpaired) electrons. The molecule has 0 bridgehead atoms. The number of halogens is 3. The summed E-state index contributed by atoms with van der Waals surface area (Å²) in [7, 11) is 0. The van der Waals surface area contributed by atoms with Gasteiger partial charge in [0.2, 0.25) is 11.7 Å². The van der Waals surface area contributed by atoms with Gasteiger partial charge < -0.3 is 4.52 Å². The Kier molecular flexibility index (Phi) is 6.49. The van der Waals surface area contributed by atoms with Crippen molar-refractivity contribution < 1.29 is 17.7 Å². The SMILES string of the molecule is Cc1cc(SCc2nc(-c3ccc(C(C)(C)C)cc3)no2)nc(-c2ccc(C(F)(F)F)cc2)n1. The van der Waals surface area contributed by atoms with E-state index in [4.69, 9.17) is 4.52 Å². The maximum absolute atomic E-state index is 12.8. The summed E-state index contributed by atoms with van der Waals surface area (Å²) in [5, 5.41) is 4.74. The number of benzene rings is 2. The zero-order valence-electron chi connectivity index (χ0n) is 19.1. The molecule has 0 atom stereocenters. The molecule has 0 spiro atoms. The van der Waals surface area contributed by atoms with Crippen LogP contribution in [0.5, 0.6) is 0 Å². The van der Waals surface area contributed by atoms with Crippen LogP contribution in [-0.4, -0.2) is 20.1 Å². The molecule has 0 unspecified atom stereocenters. The van der Waals surface area contributed by atoms with Gasteiger partial charge in [0.1, 0.15) is 5.03 Å². The second kappa shape index (κ2) is 9.21. The van der Waals surface area contributed by atoms with Gasteiger partial charge in [0, 0.05) is 16.8 Å². The summed E-state index contributed by atoms with van der Waals surface area (Å²) in [6.45, 7) is 8.28. The fourth-order valence-corrected chi connectivity index (χ4v) is 4.03. The van der Waals surface area contributed by atoms with E-state index >= 15 is 0 Å². The fourth-order valence-electron chi connectivity index (χ4n) is 3.24. The monoisotopic (exact) mass is 484 g/mol. The van der Waals surface area contributed by atoms with Gasteiger partial charge in [-0.15, -0.1) is 0 Å². The highest BCUT2D eigenvalue weighted by molar-refractivity contribution is 7.98. The molecule has 0 N–H and O–H groups in total. The molecule has 0 fully saturated rings. The quantitative estimate of drug-likeness (QED) is 0.222. The van der Waals surface area contributed by atoms with Crippen LogP contribution in [0.4, 0.5) is 13.2 Å². The Morgan fingerprint density at radius 3 is 1.97 bits per heavy atom. The van der Waals surface area contributed by atoms with Crippen molar-refractivity contribution in [3.05, 3.63) is 77.3 Å². The van der Waals surface area contributed by atoms with E-state index in [2.05, 4.69) is 53.0 Å². The van der Waals surface area contributed by atoms with Crippen molar-refractivity contribution in [3.63, 3.8) is 0 Å².